The van der Waals surface area contributed by atoms with E-state index in [1.807, 2.05) is 44.2 Å². The molecular weight excluding hydrogens is 412 g/mol. The van der Waals surface area contributed by atoms with E-state index >= 15 is 0 Å². The standard InChI is InChI=1S/C23H26N4O3S/c1-3-25(4-2)31(29,30)21-12-13-22-18(15-21)9-8-14-26(22)23(28)19-16-24-27(17-19)20-10-6-5-7-11-20/h5-7,10-13,15-17H,3-4,8-9,14H2,1-2H3. The van der Waals surface area contributed by atoms with Crippen LogP contribution in [0.25, 0.3) is 5.69 Å². The largest absolute Gasteiger partial charge is 0.308 e. The van der Waals surface area contributed by atoms with Gasteiger partial charge in [0.05, 0.1) is 22.3 Å². The molecule has 0 spiro atoms. The Morgan fingerprint density at radius 2 is 1.84 bits per heavy atom. The Morgan fingerprint density at radius 1 is 1.10 bits per heavy atom. The van der Waals surface area contributed by atoms with Gasteiger partial charge in [0, 0.05) is 31.5 Å². The fourth-order valence-electron chi connectivity index (χ4n) is 3.97. The zero-order chi connectivity index (χ0) is 22.0. The zero-order valence-corrected chi connectivity index (χ0v) is 18.5. The Balaban J connectivity index is 1.63. The number of aromatic nitrogens is 2. The molecule has 1 amide bonds. The molecule has 0 fully saturated rings. The average Bonchev–Trinajstić information content (AvgIpc) is 3.29. The number of rotatable bonds is 6. The molecule has 0 saturated carbocycles. The summed E-state index contributed by atoms with van der Waals surface area (Å²) in [7, 11) is -3.54. The van der Waals surface area contributed by atoms with E-state index < -0.39 is 10.0 Å². The first-order valence-corrected chi connectivity index (χ1v) is 11.9. The average molecular weight is 439 g/mol. The number of fused-ring (bicyclic) bond motifs is 1. The number of aryl methyl sites for hydroxylation is 1. The van der Waals surface area contributed by atoms with E-state index in [0.717, 1.165) is 29.8 Å². The summed E-state index contributed by atoms with van der Waals surface area (Å²) in [6, 6.07) is 14.7. The molecule has 0 bridgehead atoms. The van der Waals surface area contributed by atoms with Crippen molar-refractivity contribution >= 4 is 21.6 Å². The topological polar surface area (TPSA) is 75.5 Å². The van der Waals surface area contributed by atoms with Gasteiger partial charge in [-0.15, -0.1) is 0 Å². The first-order chi connectivity index (χ1) is 15.0. The van der Waals surface area contributed by atoms with E-state index in [4.69, 9.17) is 0 Å². The van der Waals surface area contributed by atoms with Crippen LogP contribution >= 0.6 is 0 Å². The van der Waals surface area contributed by atoms with Gasteiger partial charge in [-0.2, -0.15) is 9.40 Å². The van der Waals surface area contributed by atoms with Crippen molar-refractivity contribution in [3.8, 4) is 5.69 Å². The minimum atomic E-state index is -3.54. The second-order valence-corrected chi connectivity index (χ2v) is 9.39. The monoisotopic (exact) mass is 438 g/mol. The van der Waals surface area contributed by atoms with Crippen LogP contribution in [-0.4, -0.2) is 48.0 Å². The molecule has 1 aliphatic rings. The maximum absolute atomic E-state index is 13.2. The minimum Gasteiger partial charge on any atom is -0.308 e. The van der Waals surface area contributed by atoms with Gasteiger partial charge < -0.3 is 4.90 Å². The van der Waals surface area contributed by atoms with Gasteiger partial charge in [-0.1, -0.05) is 32.0 Å². The summed E-state index contributed by atoms with van der Waals surface area (Å²) in [4.78, 5) is 15.2. The number of sulfonamides is 1. The van der Waals surface area contributed by atoms with Crippen molar-refractivity contribution in [2.75, 3.05) is 24.5 Å². The van der Waals surface area contributed by atoms with Gasteiger partial charge in [0.25, 0.3) is 5.91 Å². The number of amides is 1. The molecule has 3 aromatic rings. The fourth-order valence-corrected chi connectivity index (χ4v) is 5.48. The van der Waals surface area contributed by atoms with Crippen LogP contribution in [0.15, 0.2) is 65.8 Å². The molecule has 0 atom stereocenters. The molecule has 0 saturated heterocycles. The second kappa shape index (κ2) is 8.64. The van der Waals surface area contributed by atoms with Gasteiger partial charge in [0.15, 0.2) is 0 Å². The molecule has 0 unspecified atom stereocenters. The summed E-state index contributed by atoms with van der Waals surface area (Å²) in [6.07, 6.45) is 4.82. The number of hydrogen-bond acceptors (Lipinski definition) is 4. The molecule has 1 aliphatic heterocycles. The van der Waals surface area contributed by atoms with E-state index in [-0.39, 0.29) is 10.8 Å². The molecule has 8 heteroatoms. The highest BCUT2D eigenvalue weighted by Gasteiger charge is 2.28. The lowest BCUT2D eigenvalue weighted by atomic mass is 10.0. The molecule has 2 heterocycles. The molecule has 1 aromatic heterocycles. The molecule has 0 radical (unpaired) electrons. The van der Waals surface area contributed by atoms with E-state index in [1.54, 1.807) is 40.2 Å². The maximum atomic E-state index is 13.2. The van der Waals surface area contributed by atoms with Crippen LogP contribution in [0.4, 0.5) is 5.69 Å². The minimum absolute atomic E-state index is 0.137. The predicted molar refractivity (Wildman–Crippen MR) is 120 cm³/mol. The second-order valence-electron chi connectivity index (χ2n) is 7.45. The quantitative estimate of drug-likeness (QED) is 0.590. The van der Waals surface area contributed by atoms with Gasteiger partial charge in [0.1, 0.15) is 0 Å². The third-order valence-electron chi connectivity index (χ3n) is 5.61. The van der Waals surface area contributed by atoms with Crippen LogP contribution in [-0.2, 0) is 16.4 Å². The number of benzene rings is 2. The molecule has 2 aromatic carbocycles. The van der Waals surface area contributed by atoms with E-state index in [1.165, 1.54) is 4.31 Å². The van der Waals surface area contributed by atoms with Crippen LogP contribution < -0.4 is 4.90 Å². The number of para-hydroxylation sites is 1. The van der Waals surface area contributed by atoms with Gasteiger partial charge in [0.2, 0.25) is 10.0 Å². The number of hydrogen-bond donors (Lipinski definition) is 0. The summed E-state index contributed by atoms with van der Waals surface area (Å²) >= 11 is 0. The smallest absolute Gasteiger partial charge is 0.261 e. The fraction of sp³-hybridized carbons (Fsp3) is 0.304. The maximum Gasteiger partial charge on any atom is 0.261 e. The number of carbonyl (C=O) groups excluding carboxylic acids is 1. The summed E-state index contributed by atoms with van der Waals surface area (Å²) in [5, 5.41) is 4.33. The molecule has 0 aliphatic carbocycles. The van der Waals surface area contributed by atoms with Crippen molar-refractivity contribution in [3.63, 3.8) is 0 Å². The third-order valence-corrected chi connectivity index (χ3v) is 7.65. The number of anilines is 1. The van der Waals surface area contributed by atoms with Gasteiger partial charge in [-0.05, 0) is 48.7 Å². The normalized spacial score (nSPS) is 14.0. The Kier molecular flexibility index (Phi) is 5.93. The van der Waals surface area contributed by atoms with Crippen molar-refractivity contribution in [2.45, 2.75) is 31.6 Å². The van der Waals surface area contributed by atoms with Crippen molar-refractivity contribution in [1.82, 2.24) is 14.1 Å². The first kappa shape index (κ1) is 21.3. The lowest BCUT2D eigenvalue weighted by Crippen LogP contribution is -2.36. The molecule has 162 valence electrons. The van der Waals surface area contributed by atoms with Crippen LogP contribution in [0.1, 0.15) is 36.2 Å². The van der Waals surface area contributed by atoms with E-state index in [2.05, 4.69) is 5.10 Å². The van der Waals surface area contributed by atoms with Gasteiger partial charge >= 0.3 is 0 Å². The summed E-state index contributed by atoms with van der Waals surface area (Å²) < 4.78 is 28.9. The highest BCUT2D eigenvalue weighted by atomic mass is 32.2. The zero-order valence-electron chi connectivity index (χ0n) is 17.7. The number of carbonyl (C=O) groups is 1. The Morgan fingerprint density at radius 3 is 2.55 bits per heavy atom. The van der Waals surface area contributed by atoms with Gasteiger partial charge in [-0.25, -0.2) is 13.1 Å². The molecule has 4 rings (SSSR count). The van der Waals surface area contributed by atoms with Crippen LogP contribution in [0.2, 0.25) is 0 Å². The third kappa shape index (κ3) is 4.00. The van der Waals surface area contributed by atoms with E-state index in [9.17, 15) is 13.2 Å². The van der Waals surface area contributed by atoms with Crippen LogP contribution in [0.5, 0.6) is 0 Å². The molecular formula is C23H26N4O3S. The number of nitrogens with zero attached hydrogens (tertiary/aromatic N) is 4. The van der Waals surface area contributed by atoms with Crippen LogP contribution in [0, 0.1) is 0 Å². The van der Waals surface area contributed by atoms with Crippen molar-refractivity contribution in [3.05, 3.63) is 72.1 Å². The van der Waals surface area contributed by atoms with Crippen molar-refractivity contribution in [2.24, 2.45) is 0 Å². The Hall–Kier alpha value is -2.97. The highest BCUT2D eigenvalue weighted by molar-refractivity contribution is 7.89. The molecule has 7 nitrogen and oxygen atoms in total. The predicted octanol–water partition coefficient (Wildman–Crippen LogP) is 3.50. The summed E-state index contributed by atoms with van der Waals surface area (Å²) in [5.41, 5.74) is 3.02. The SMILES string of the molecule is CCN(CC)S(=O)(=O)c1ccc2c(c1)CCCN2C(=O)c1cnn(-c2ccccc2)c1. The summed E-state index contributed by atoms with van der Waals surface area (Å²) in [5.74, 6) is -0.137. The van der Waals surface area contributed by atoms with Crippen LogP contribution in [0.3, 0.4) is 0 Å². The van der Waals surface area contributed by atoms with Crippen molar-refractivity contribution < 1.29 is 13.2 Å². The summed E-state index contributed by atoms with van der Waals surface area (Å²) in [6.45, 7) is 5.09. The first-order valence-electron chi connectivity index (χ1n) is 10.5. The lowest BCUT2D eigenvalue weighted by Gasteiger charge is -2.30. The molecule has 31 heavy (non-hydrogen) atoms. The highest BCUT2D eigenvalue weighted by Crippen LogP contribution is 2.31. The Bertz CT molecular complexity index is 1180. The lowest BCUT2D eigenvalue weighted by molar-refractivity contribution is 0.0985. The molecule has 0 N–H and O–H groups in total. The van der Waals surface area contributed by atoms with E-state index in [0.29, 0.717) is 25.2 Å². The van der Waals surface area contributed by atoms with Crippen molar-refractivity contribution in [1.29, 1.82) is 0 Å². The Labute approximate surface area is 183 Å². The van der Waals surface area contributed by atoms with Gasteiger partial charge in [-0.3, -0.25) is 4.79 Å².